The number of ether oxygens (including phenoxy) is 1. The molecule has 0 atom stereocenters. The molecule has 1 fully saturated rings. The van der Waals surface area contributed by atoms with Gasteiger partial charge in [-0.2, -0.15) is 0 Å². The maximum atomic E-state index is 12.7. The molecule has 2 aliphatic rings. The number of nitrogens with one attached hydrogen (secondary N) is 2. The summed E-state index contributed by atoms with van der Waals surface area (Å²) in [5.74, 6) is -0.357. The Balaban J connectivity index is 1.26. The van der Waals surface area contributed by atoms with Crippen molar-refractivity contribution in [3.05, 3.63) is 64.7 Å². The lowest BCUT2D eigenvalue weighted by atomic mass is 10.1. The molecule has 3 aromatic rings. The van der Waals surface area contributed by atoms with Gasteiger partial charge in [-0.25, -0.2) is 4.98 Å². The highest BCUT2D eigenvalue weighted by atomic mass is 32.2. The highest BCUT2D eigenvalue weighted by Crippen LogP contribution is 2.39. The molecular weight excluding hydrogens is 432 g/mol. The zero-order valence-electron chi connectivity index (χ0n) is 16.6. The Bertz CT molecular complexity index is 1140. The average molecular weight is 453 g/mol. The van der Waals surface area contributed by atoms with E-state index in [-0.39, 0.29) is 11.8 Å². The smallest absolute Gasteiger partial charge is 0.256 e. The Morgan fingerprint density at radius 1 is 1.16 bits per heavy atom. The van der Waals surface area contributed by atoms with Gasteiger partial charge in [0.15, 0.2) is 5.13 Å². The van der Waals surface area contributed by atoms with Crippen LogP contribution < -0.4 is 15.5 Å². The van der Waals surface area contributed by atoms with Crippen LogP contribution in [0, 0.1) is 0 Å². The van der Waals surface area contributed by atoms with Crippen LogP contribution in [0.4, 0.5) is 10.8 Å². The lowest BCUT2D eigenvalue weighted by Gasteiger charge is -2.25. The summed E-state index contributed by atoms with van der Waals surface area (Å²) in [5, 5.41) is 6.83. The van der Waals surface area contributed by atoms with Crippen molar-refractivity contribution in [2.75, 3.05) is 36.5 Å². The Morgan fingerprint density at radius 3 is 2.87 bits per heavy atom. The normalized spacial score (nSPS) is 15.5. The highest BCUT2D eigenvalue weighted by Gasteiger charge is 2.21. The number of amides is 2. The van der Waals surface area contributed by atoms with Crippen LogP contribution in [0.5, 0.6) is 0 Å². The molecule has 0 bridgehead atoms. The molecule has 9 heteroatoms. The second-order valence-corrected chi connectivity index (χ2v) is 9.33. The van der Waals surface area contributed by atoms with E-state index in [9.17, 15) is 9.59 Å². The van der Waals surface area contributed by atoms with Gasteiger partial charge in [-0.15, -0.1) is 11.3 Å². The van der Waals surface area contributed by atoms with Crippen molar-refractivity contribution in [2.45, 2.75) is 16.3 Å². The monoisotopic (exact) mass is 452 g/mol. The number of thiazole rings is 1. The van der Waals surface area contributed by atoms with Crippen LogP contribution >= 0.6 is 23.1 Å². The zero-order valence-corrected chi connectivity index (χ0v) is 18.2. The lowest BCUT2D eigenvalue weighted by Crippen LogP contribution is -2.36. The first-order chi connectivity index (χ1) is 15.2. The Hall–Kier alpha value is -2.88. The first-order valence-electron chi connectivity index (χ1n) is 9.95. The van der Waals surface area contributed by atoms with Crippen molar-refractivity contribution in [1.29, 1.82) is 0 Å². The third-order valence-electron chi connectivity index (χ3n) is 5.09. The fourth-order valence-electron chi connectivity index (χ4n) is 3.46. The number of aromatic nitrogens is 1. The van der Waals surface area contributed by atoms with Gasteiger partial charge in [-0.3, -0.25) is 9.59 Å². The topological polar surface area (TPSA) is 83.6 Å². The zero-order chi connectivity index (χ0) is 21.2. The molecule has 7 nitrogen and oxygen atoms in total. The second-order valence-electron chi connectivity index (χ2n) is 7.15. The number of carbonyl (C=O) groups excluding carboxylic acids is 2. The van der Waals surface area contributed by atoms with E-state index in [1.165, 1.54) is 11.8 Å². The molecule has 3 heterocycles. The molecule has 31 heavy (non-hydrogen) atoms. The number of hydrogen-bond acceptors (Lipinski definition) is 7. The van der Waals surface area contributed by atoms with E-state index in [1.54, 1.807) is 35.7 Å². The molecule has 2 N–H and O–H groups in total. The van der Waals surface area contributed by atoms with Crippen molar-refractivity contribution in [1.82, 2.24) is 10.3 Å². The number of morpholine rings is 1. The summed E-state index contributed by atoms with van der Waals surface area (Å²) < 4.78 is 5.38. The van der Waals surface area contributed by atoms with Gasteiger partial charge in [0.05, 0.1) is 31.0 Å². The Morgan fingerprint density at radius 2 is 2.00 bits per heavy atom. The fourth-order valence-corrected chi connectivity index (χ4v) is 5.37. The minimum atomic E-state index is -0.190. The van der Waals surface area contributed by atoms with E-state index in [0.29, 0.717) is 36.6 Å². The van der Waals surface area contributed by atoms with Crippen molar-refractivity contribution in [3.8, 4) is 0 Å². The number of nitrogens with zero attached hydrogens (tertiary/aromatic N) is 2. The summed E-state index contributed by atoms with van der Waals surface area (Å²) in [6.45, 7) is 3.50. The van der Waals surface area contributed by atoms with Gasteiger partial charge in [0.1, 0.15) is 0 Å². The van der Waals surface area contributed by atoms with Gasteiger partial charge in [-0.05, 0) is 30.3 Å². The maximum Gasteiger partial charge on any atom is 0.256 e. The van der Waals surface area contributed by atoms with Crippen LogP contribution in [-0.4, -0.2) is 43.1 Å². The largest absolute Gasteiger partial charge is 0.378 e. The molecule has 0 saturated carbocycles. The standard InChI is InChI=1S/C22H20N4O3S2/c27-20(23-12-15-13-24-22(30-15)26-7-9-29-10-8-26)14-5-6-19-17(11-14)25-21(28)16-3-1-2-4-18(16)31-19/h1-6,11,13H,7-10,12H2,(H,23,27)(H,25,28). The van der Waals surface area contributed by atoms with Crippen LogP contribution in [0.1, 0.15) is 25.6 Å². The minimum Gasteiger partial charge on any atom is -0.378 e. The first-order valence-corrected chi connectivity index (χ1v) is 11.6. The maximum absolute atomic E-state index is 12.7. The summed E-state index contributed by atoms with van der Waals surface area (Å²) in [6, 6.07) is 12.9. The molecule has 2 amide bonds. The summed E-state index contributed by atoms with van der Waals surface area (Å²) in [7, 11) is 0. The van der Waals surface area contributed by atoms with Gasteiger partial charge >= 0.3 is 0 Å². The molecular formula is C22H20N4O3S2. The van der Waals surface area contributed by atoms with E-state index < -0.39 is 0 Å². The van der Waals surface area contributed by atoms with Gasteiger partial charge in [-0.1, -0.05) is 23.9 Å². The molecule has 5 rings (SSSR count). The van der Waals surface area contributed by atoms with E-state index in [2.05, 4.69) is 20.5 Å². The quantitative estimate of drug-likeness (QED) is 0.629. The van der Waals surface area contributed by atoms with Crippen molar-refractivity contribution in [3.63, 3.8) is 0 Å². The number of carbonyl (C=O) groups is 2. The Labute approximate surface area is 187 Å². The molecule has 1 aromatic heterocycles. The number of rotatable bonds is 4. The molecule has 0 spiro atoms. The van der Waals surface area contributed by atoms with Gasteiger partial charge in [0.25, 0.3) is 11.8 Å². The van der Waals surface area contributed by atoms with Crippen molar-refractivity contribution < 1.29 is 14.3 Å². The second kappa shape index (κ2) is 8.70. The molecule has 0 radical (unpaired) electrons. The van der Waals surface area contributed by atoms with Crippen molar-refractivity contribution >= 4 is 45.7 Å². The van der Waals surface area contributed by atoms with Crippen LogP contribution in [0.2, 0.25) is 0 Å². The lowest BCUT2D eigenvalue weighted by molar-refractivity contribution is 0.0949. The van der Waals surface area contributed by atoms with E-state index in [1.807, 2.05) is 24.3 Å². The third-order valence-corrected chi connectivity index (χ3v) is 7.30. The fraction of sp³-hybridized carbons (Fsp3) is 0.227. The molecule has 2 aromatic carbocycles. The molecule has 1 saturated heterocycles. The molecule has 158 valence electrons. The average Bonchev–Trinajstić information content (AvgIpc) is 3.23. The minimum absolute atomic E-state index is 0.167. The first kappa shape index (κ1) is 20.0. The van der Waals surface area contributed by atoms with E-state index >= 15 is 0 Å². The SMILES string of the molecule is O=C(NCc1cnc(N2CCOCC2)s1)c1ccc2c(c1)NC(=O)c1ccccc1S2. The number of hydrogen-bond donors (Lipinski definition) is 2. The van der Waals surface area contributed by atoms with Gasteiger partial charge in [0, 0.05) is 39.5 Å². The highest BCUT2D eigenvalue weighted by molar-refractivity contribution is 7.99. The van der Waals surface area contributed by atoms with Crippen LogP contribution in [0.3, 0.4) is 0 Å². The molecule has 0 aliphatic carbocycles. The number of fused-ring (bicyclic) bond motifs is 2. The summed E-state index contributed by atoms with van der Waals surface area (Å²) in [6.07, 6.45) is 1.81. The predicted octanol–water partition coefficient (Wildman–Crippen LogP) is 3.63. The predicted molar refractivity (Wildman–Crippen MR) is 121 cm³/mol. The number of benzene rings is 2. The van der Waals surface area contributed by atoms with E-state index in [0.717, 1.165) is 32.9 Å². The van der Waals surface area contributed by atoms with Crippen LogP contribution in [-0.2, 0) is 11.3 Å². The van der Waals surface area contributed by atoms with Gasteiger partial charge < -0.3 is 20.3 Å². The third kappa shape index (κ3) is 4.30. The van der Waals surface area contributed by atoms with E-state index in [4.69, 9.17) is 4.74 Å². The van der Waals surface area contributed by atoms with Crippen LogP contribution in [0.15, 0.2) is 58.5 Å². The summed E-state index contributed by atoms with van der Waals surface area (Å²) in [4.78, 5) is 34.7. The van der Waals surface area contributed by atoms with Crippen molar-refractivity contribution in [2.24, 2.45) is 0 Å². The molecule has 2 aliphatic heterocycles. The summed E-state index contributed by atoms with van der Waals surface area (Å²) >= 11 is 3.10. The van der Waals surface area contributed by atoms with Gasteiger partial charge in [0.2, 0.25) is 0 Å². The van der Waals surface area contributed by atoms with Crippen LogP contribution in [0.25, 0.3) is 0 Å². The molecule has 0 unspecified atom stereocenters. The Kier molecular flexibility index (Phi) is 5.63. The summed E-state index contributed by atoms with van der Waals surface area (Å²) in [5.41, 5.74) is 1.78. The number of anilines is 2.